The van der Waals surface area contributed by atoms with Crippen LogP contribution in [-0.2, 0) is 0 Å². The zero-order valence-electron chi connectivity index (χ0n) is 13.0. The average molecular weight is 308 g/mol. The summed E-state index contributed by atoms with van der Waals surface area (Å²) in [6.07, 6.45) is 3.04. The van der Waals surface area contributed by atoms with Crippen LogP contribution in [0.15, 0.2) is 24.3 Å². The predicted octanol–water partition coefficient (Wildman–Crippen LogP) is 2.46. The molecule has 6 nitrogen and oxygen atoms in total. The Morgan fingerprint density at radius 3 is 3.09 bits per heavy atom. The van der Waals surface area contributed by atoms with Crippen molar-refractivity contribution in [1.82, 2.24) is 4.90 Å². The Morgan fingerprint density at radius 1 is 1.55 bits per heavy atom. The summed E-state index contributed by atoms with van der Waals surface area (Å²) in [7, 11) is 0. The van der Waals surface area contributed by atoms with Crippen molar-refractivity contribution in [3.05, 3.63) is 34.4 Å². The van der Waals surface area contributed by atoms with Crippen LogP contribution in [0.4, 0.5) is 5.69 Å². The van der Waals surface area contributed by atoms with Crippen LogP contribution in [-0.4, -0.2) is 47.3 Å². The molecule has 0 radical (unpaired) electrons. The lowest BCUT2D eigenvalue weighted by molar-refractivity contribution is -0.384. The van der Waals surface area contributed by atoms with E-state index in [-0.39, 0.29) is 12.3 Å². The second-order valence-corrected chi connectivity index (χ2v) is 5.90. The third-order valence-corrected chi connectivity index (χ3v) is 4.12. The molecule has 0 bridgehead atoms. The van der Waals surface area contributed by atoms with Gasteiger partial charge in [-0.25, -0.2) is 0 Å². The van der Waals surface area contributed by atoms with Crippen molar-refractivity contribution in [2.24, 2.45) is 5.92 Å². The summed E-state index contributed by atoms with van der Waals surface area (Å²) in [6, 6.07) is 6.03. The van der Waals surface area contributed by atoms with E-state index in [2.05, 4.69) is 11.8 Å². The number of aliphatic hydroxyl groups is 1. The zero-order chi connectivity index (χ0) is 15.9. The van der Waals surface area contributed by atoms with Gasteiger partial charge >= 0.3 is 0 Å². The first kappa shape index (κ1) is 16.7. The largest absolute Gasteiger partial charge is 0.491 e. The quantitative estimate of drug-likeness (QED) is 0.618. The van der Waals surface area contributed by atoms with E-state index in [1.54, 1.807) is 12.1 Å². The van der Waals surface area contributed by atoms with E-state index >= 15 is 0 Å². The lowest BCUT2D eigenvalue weighted by Gasteiger charge is -2.33. The van der Waals surface area contributed by atoms with Gasteiger partial charge in [0.1, 0.15) is 18.5 Å². The van der Waals surface area contributed by atoms with Crippen LogP contribution in [0.1, 0.15) is 26.2 Å². The van der Waals surface area contributed by atoms with E-state index in [0.29, 0.717) is 12.3 Å². The molecule has 1 aliphatic heterocycles. The Hall–Kier alpha value is -1.66. The Labute approximate surface area is 130 Å². The van der Waals surface area contributed by atoms with E-state index in [9.17, 15) is 15.2 Å². The Bertz CT molecular complexity index is 495. The molecule has 0 aliphatic carbocycles. The maximum Gasteiger partial charge on any atom is 0.273 e. The Kier molecular flexibility index (Phi) is 6.15. The van der Waals surface area contributed by atoms with Crippen LogP contribution in [0.3, 0.4) is 0 Å². The van der Waals surface area contributed by atoms with E-state index in [1.807, 2.05) is 0 Å². The molecule has 1 saturated heterocycles. The molecule has 1 aromatic rings. The SMILES string of the molecule is CCC1CCCN(CC(O)COc2cccc([N+](=O)[O-])c2)C1. The number of β-amino-alcohol motifs (C(OH)–C–C–N with tert-alkyl or cyclic N) is 1. The van der Waals surface area contributed by atoms with Crippen LogP contribution in [0.5, 0.6) is 5.75 Å². The lowest BCUT2D eigenvalue weighted by atomic mass is 9.95. The average Bonchev–Trinajstić information content (AvgIpc) is 2.53. The first-order valence-corrected chi connectivity index (χ1v) is 7.86. The molecule has 0 spiro atoms. The minimum absolute atomic E-state index is 0.00573. The molecule has 0 aromatic heterocycles. The van der Waals surface area contributed by atoms with Crippen molar-refractivity contribution in [2.75, 3.05) is 26.2 Å². The summed E-state index contributed by atoms with van der Waals surface area (Å²) >= 11 is 0. The molecule has 1 fully saturated rings. The summed E-state index contributed by atoms with van der Waals surface area (Å²) in [5.74, 6) is 1.14. The standard InChI is InChI=1S/C16H24N2O4/c1-2-13-5-4-8-17(10-13)11-15(19)12-22-16-7-3-6-14(9-16)18(20)21/h3,6-7,9,13,15,19H,2,4-5,8,10-12H2,1H3. The van der Waals surface area contributed by atoms with Gasteiger partial charge in [0.15, 0.2) is 0 Å². The number of likely N-dealkylation sites (tertiary alicyclic amines) is 1. The van der Waals surface area contributed by atoms with Gasteiger partial charge in [0, 0.05) is 19.2 Å². The van der Waals surface area contributed by atoms with E-state index in [1.165, 1.54) is 31.4 Å². The minimum atomic E-state index is -0.588. The van der Waals surface area contributed by atoms with Gasteiger partial charge in [-0.2, -0.15) is 0 Å². The van der Waals surface area contributed by atoms with E-state index < -0.39 is 11.0 Å². The molecule has 2 unspecified atom stereocenters. The zero-order valence-corrected chi connectivity index (χ0v) is 13.0. The number of aliphatic hydroxyl groups excluding tert-OH is 1. The topological polar surface area (TPSA) is 75.8 Å². The molecular formula is C16H24N2O4. The number of benzene rings is 1. The highest BCUT2D eigenvalue weighted by Crippen LogP contribution is 2.21. The van der Waals surface area contributed by atoms with Crippen molar-refractivity contribution in [2.45, 2.75) is 32.3 Å². The molecule has 2 atom stereocenters. The number of nitro benzene ring substituents is 1. The first-order valence-electron chi connectivity index (χ1n) is 7.86. The normalized spacial score (nSPS) is 20.5. The molecule has 1 aliphatic rings. The minimum Gasteiger partial charge on any atom is -0.491 e. The van der Waals surface area contributed by atoms with Gasteiger partial charge < -0.3 is 14.7 Å². The number of hydrogen-bond acceptors (Lipinski definition) is 5. The summed E-state index contributed by atoms with van der Waals surface area (Å²) in [5, 5.41) is 20.8. The van der Waals surface area contributed by atoms with Gasteiger partial charge in [-0.05, 0) is 31.4 Å². The second kappa shape index (κ2) is 8.10. The van der Waals surface area contributed by atoms with E-state index in [4.69, 9.17) is 4.74 Å². The smallest absolute Gasteiger partial charge is 0.273 e. The highest BCUT2D eigenvalue weighted by atomic mass is 16.6. The number of hydrogen-bond donors (Lipinski definition) is 1. The lowest BCUT2D eigenvalue weighted by Crippen LogP contribution is -2.41. The van der Waals surface area contributed by atoms with Crippen molar-refractivity contribution in [3.63, 3.8) is 0 Å². The van der Waals surface area contributed by atoms with Crippen LogP contribution in [0.2, 0.25) is 0 Å². The summed E-state index contributed by atoms with van der Waals surface area (Å²) in [4.78, 5) is 12.5. The molecule has 22 heavy (non-hydrogen) atoms. The van der Waals surface area contributed by atoms with Gasteiger partial charge in [-0.1, -0.05) is 19.4 Å². The van der Waals surface area contributed by atoms with Gasteiger partial charge in [0.05, 0.1) is 11.0 Å². The Balaban J connectivity index is 1.78. The van der Waals surface area contributed by atoms with Crippen molar-refractivity contribution >= 4 is 5.69 Å². The third-order valence-electron chi connectivity index (χ3n) is 4.12. The molecule has 1 aromatic carbocycles. The maximum atomic E-state index is 10.7. The molecule has 0 amide bonds. The molecule has 1 N–H and O–H groups in total. The first-order chi connectivity index (χ1) is 10.6. The number of ether oxygens (including phenoxy) is 1. The number of nitro groups is 1. The fourth-order valence-corrected chi connectivity index (χ4v) is 2.88. The van der Waals surface area contributed by atoms with Crippen molar-refractivity contribution in [1.29, 1.82) is 0 Å². The molecular weight excluding hydrogens is 284 g/mol. The molecule has 122 valence electrons. The number of rotatable bonds is 7. The van der Waals surface area contributed by atoms with Crippen molar-refractivity contribution in [3.8, 4) is 5.75 Å². The predicted molar refractivity (Wildman–Crippen MR) is 84.1 cm³/mol. The highest BCUT2D eigenvalue weighted by molar-refractivity contribution is 5.37. The molecule has 1 heterocycles. The fraction of sp³-hybridized carbons (Fsp3) is 0.625. The monoisotopic (exact) mass is 308 g/mol. The summed E-state index contributed by atoms with van der Waals surface area (Å²) in [6.45, 7) is 4.99. The molecule has 2 rings (SSSR count). The van der Waals surface area contributed by atoms with Gasteiger partial charge in [0.2, 0.25) is 0 Å². The fourth-order valence-electron chi connectivity index (χ4n) is 2.88. The second-order valence-electron chi connectivity index (χ2n) is 5.90. The van der Waals surface area contributed by atoms with Crippen LogP contribution >= 0.6 is 0 Å². The molecule has 6 heteroatoms. The maximum absolute atomic E-state index is 10.7. The third kappa shape index (κ3) is 4.96. The highest BCUT2D eigenvalue weighted by Gasteiger charge is 2.20. The number of nitrogens with zero attached hydrogens (tertiary/aromatic N) is 2. The number of piperidine rings is 1. The van der Waals surface area contributed by atoms with Gasteiger partial charge in [-0.15, -0.1) is 0 Å². The number of non-ortho nitro benzene ring substituents is 1. The van der Waals surface area contributed by atoms with Crippen LogP contribution < -0.4 is 4.74 Å². The van der Waals surface area contributed by atoms with Crippen LogP contribution in [0.25, 0.3) is 0 Å². The molecule has 0 saturated carbocycles. The summed E-state index contributed by atoms with van der Waals surface area (Å²) in [5.41, 5.74) is -0.00573. The van der Waals surface area contributed by atoms with E-state index in [0.717, 1.165) is 19.0 Å². The van der Waals surface area contributed by atoms with Crippen molar-refractivity contribution < 1.29 is 14.8 Å². The summed E-state index contributed by atoms with van der Waals surface area (Å²) < 4.78 is 5.47. The Morgan fingerprint density at radius 2 is 2.36 bits per heavy atom. The van der Waals surface area contributed by atoms with Gasteiger partial charge in [-0.3, -0.25) is 10.1 Å². The van der Waals surface area contributed by atoms with Gasteiger partial charge in [0.25, 0.3) is 5.69 Å². The van der Waals surface area contributed by atoms with Crippen LogP contribution in [0, 0.1) is 16.0 Å².